The normalized spacial score (nSPS) is 19.5. The van der Waals surface area contributed by atoms with Crippen molar-refractivity contribution in [3.63, 3.8) is 0 Å². The van der Waals surface area contributed by atoms with Crippen LogP contribution in [0.1, 0.15) is 47.9 Å². The van der Waals surface area contributed by atoms with Crippen molar-refractivity contribution < 1.29 is 60.4 Å². The number of halogens is 4. The third-order valence-corrected chi connectivity index (χ3v) is 8.46. The van der Waals surface area contributed by atoms with Crippen LogP contribution in [-0.4, -0.2) is 72.3 Å². The molecular weight excluding hydrogens is 730 g/mol. The fraction of sp³-hybridized carbons (Fsp3) is 0.231. The zero-order chi connectivity index (χ0) is 39.1. The molecule has 0 spiro atoms. The number of ether oxygens (including phenoxy) is 6. The van der Waals surface area contributed by atoms with E-state index in [-0.39, 0.29) is 16.7 Å². The van der Waals surface area contributed by atoms with Crippen molar-refractivity contribution in [1.82, 2.24) is 9.89 Å². The second-order valence-corrected chi connectivity index (χ2v) is 12.1. The molecule has 1 aliphatic rings. The van der Waals surface area contributed by atoms with Crippen LogP contribution >= 0.6 is 0 Å². The summed E-state index contributed by atoms with van der Waals surface area (Å²) in [5, 5.41) is 3.47. The summed E-state index contributed by atoms with van der Waals surface area (Å²) < 4.78 is 93.6. The molecule has 1 fully saturated rings. The predicted molar refractivity (Wildman–Crippen MR) is 185 cm³/mol. The van der Waals surface area contributed by atoms with E-state index in [0.29, 0.717) is 16.1 Å². The smallest absolute Gasteiger partial charge is 0.435 e. The maximum absolute atomic E-state index is 16.7. The number of esters is 3. The Morgan fingerprint density at radius 3 is 1.78 bits per heavy atom. The van der Waals surface area contributed by atoms with E-state index in [4.69, 9.17) is 34.3 Å². The molecule has 2 heterocycles. The van der Waals surface area contributed by atoms with Crippen molar-refractivity contribution in [3.05, 3.63) is 149 Å². The van der Waals surface area contributed by atoms with Crippen LogP contribution in [0.5, 0.6) is 11.6 Å². The Morgan fingerprint density at radius 1 is 0.764 bits per heavy atom. The largest absolute Gasteiger partial charge is 0.497 e. The lowest BCUT2D eigenvalue weighted by atomic mass is 9.99. The van der Waals surface area contributed by atoms with E-state index in [9.17, 15) is 27.6 Å². The summed E-state index contributed by atoms with van der Waals surface area (Å²) in [6, 6.07) is 28.8. The van der Waals surface area contributed by atoms with Crippen LogP contribution in [0.4, 0.5) is 17.6 Å². The number of nitrogen functional groups attached to an aromatic ring is 1. The molecule has 5 aromatic rings. The summed E-state index contributed by atoms with van der Waals surface area (Å²) in [7, 11) is 1.43. The second kappa shape index (κ2) is 16.7. The van der Waals surface area contributed by atoms with Crippen molar-refractivity contribution in [1.29, 1.82) is 0 Å². The molecule has 0 saturated carbocycles. The minimum Gasteiger partial charge on any atom is -0.497 e. The van der Waals surface area contributed by atoms with Crippen LogP contribution in [0.25, 0.3) is 0 Å². The Bertz CT molecular complexity index is 2080. The van der Waals surface area contributed by atoms with Gasteiger partial charge in [0.15, 0.2) is 18.0 Å². The van der Waals surface area contributed by atoms with Crippen molar-refractivity contribution in [2.45, 2.75) is 43.4 Å². The monoisotopic (exact) mass is 763 g/mol. The molecule has 0 bridgehead atoms. The highest BCUT2D eigenvalue weighted by Gasteiger charge is 2.53. The molecule has 0 aliphatic carbocycles. The molecule has 4 aromatic carbocycles. The molecular formula is C39H33F4N3O9. The van der Waals surface area contributed by atoms with E-state index >= 15 is 4.39 Å². The van der Waals surface area contributed by atoms with Gasteiger partial charge in [-0.3, -0.25) is 0 Å². The van der Waals surface area contributed by atoms with Crippen LogP contribution in [0, 0.1) is 0 Å². The zero-order valence-electron chi connectivity index (χ0n) is 28.9. The van der Waals surface area contributed by atoms with Crippen molar-refractivity contribution in [3.8, 4) is 11.6 Å². The van der Waals surface area contributed by atoms with Gasteiger partial charge in [0, 0.05) is 6.42 Å². The summed E-state index contributed by atoms with van der Waals surface area (Å²) >= 11 is 0. The third-order valence-electron chi connectivity index (χ3n) is 8.46. The van der Waals surface area contributed by atoms with Crippen molar-refractivity contribution in [2.24, 2.45) is 0 Å². The molecule has 286 valence electrons. The van der Waals surface area contributed by atoms with Crippen LogP contribution in [0.2, 0.25) is 0 Å². The number of hydrogen-bond acceptors (Lipinski definition) is 11. The van der Waals surface area contributed by atoms with Gasteiger partial charge < -0.3 is 34.3 Å². The van der Waals surface area contributed by atoms with Gasteiger partial charge in [0.2, 0.25) is 18.3 Å². The summed E-state index contributed by atoms with van der Waals surface area (Å²) in [6.45, 7) is -0.790. The number of rotatable bonds is 12. The van der Waals surface area contributed by atoms with Crippen LogP contribution in [-0.2, 0) is 31.5 Å². The minimum absolute atomic E-state index is 0.00418. The lowest BCUT2D eigenvalue weighted by molar-refractivity contribution is -0.265. The molecule has 1 aliphatic heterocycles. The lowest BCUT2D eigenvalue weighted by Crippen LogP contribution is -2.61. The lowest BCUT2D eigenvalue weighted by Gasteiger charge is -2.41. The number of methoxy groups -OCH3 is 1. The molecule has 12 nitrogen and oxygen atoms in total. The Balaban J connectivity index is 1.41. The highest BCUT2D eigenvalue weighted by molar-refractivity contribution is 5.90. The molecule has 0 amide bonds. The number of nitrogens with zero attached hydrogens (tertiary/aromatic N) is 2. The Morgan fingerprint density at radius 2 is 1.27 bits per heavy atom. The first-order valence-electron chi connectivity index (χ1n) is 16.7. The van der Waals surface area contributed by atoms with Crippen LogP contribution in [0.3, 0.4) is 0 Å². The van der Waals surface area contributed by atoms with Gasteiger partial charge in [-0.2, -0.15) is 13.2 Å². The fourth-order valence-electron chi connectivity index (χ4n) is 5.72. The van der Waals surface area contributed by atoms with E-state index in [1.165, 1.54) is 92.0 Å². The summed E-state index contributed by atoms with van der Waals surface area (Å²) in [6.07, 6.45) is -15.6. The number of hydrogen-bond donors (Lipinski definition) is 1. The Kier molecular flexibility index (Phi) is 11.6. The summed E-state index contributed by atoms with van der Waals surface area (Å²) in [5.74, 6) is 2.78. The Hall–Kier alpha value is -6.42. The van der Waals surface area contributed by atoms with Gasteiger partial charge in [0.05, 0.1) is 29.4 Å². The molecule has 0 radical (unpaired) electrons. The van der Waals surface area contributed by atoms with Crippen LogP contribution < -0.4 is 15.3 Å². The van der Waals surface area contributed by atoms with Crippen molar-refractivity contribution >= 4 is 17.9 Å². The van der Waals surface area contributed by atoms with Gasteiger partial charge in [-0.25, -0.2) is 18.8 Å². The van der Waals surface area contributed by atoms with Gasteiger partial charge >= 0.3 is 24.1 Å². The van der Waals surface area contributed by atoms with E-state index in [1.54, 1.807) is 30.3 Å². The molecule has 1 aromatic heterocycles. The van der Waals surface area contributed by atoms with Gasteiger partial charge in [-0.1, -0.05) is 66.7 Å². The highest BCUT2D eigenvalue weighted by Crippen LogP contribution is 2.39. The number of alkyl halides is 4. The van der Waals surface area contributed by atoms with Crippen LogP contribution in [0.15, 0.2) is 115 Å². The number of benzene rings is 4. The second-order valence-electron chi connectivity index (χ2n) is 12.1. The van der Waals surface area contributed by atoms with Gasteiger partial charge in [0.25, 0.3) is 0 Å². The standard InChI is InChI=1S/C39H33F4N3O9/c1-50-27-19-17-23(18-20-27)21-28-33(39(41,42)43)45-46(44)34(28)55-38-32(54-37(49)26-15-9-4-10-16-26)31(53-36(48)25-13-7-3-8-14-25)30(40)29(52-38)22-51-35(47)24-11-5-2-6-12-24/h2-20,29-32,38H,21-22,44H2,1H3. The first-order valence-corrected chi connectivity index (χ1v) is 16.7. The SMILES string of the molecule is COc1ccc(Cc2c(C(F)(F)F)nn(N)c2OC2OC(COC(=O)c3ccccc3)C(F)C(OC(=O)c3ccccc3)C2OC(=O)c2ccccc2)cc1. The van der Waals surface area contributed by atoms with Gasteiger partial charge in [0.1, 0.15) is 18.5 Å². The number of carbonyl (C=O) groups excluding carboxylic acids is 3. The first-order chi connectivity index (χ1) is 26.4. The molecule has 5 atom stereocenters. The maximum atomic E-state index is 16.7. The minimum atomic E-state index is -5.02. The zero-order valence-corrected chi connectivity index (χ0v) is 28.9. The van der Waals surface area contributed by atoms with E-state index in [2.05, 4.69) is 5.10 Å². The van der Waals surface area contributed by atoms with E-state index in [0.717, 1.165) is 0 Å². The molecule has 55 heavy (non-hydrogen) atoms. The first kappa shape index (κ1) is 38.3. The molecule has 6 rings (SSSR count). The number of nitrogens with two attached hydrogens (primary N) is 1. The molecule has 16 heteroatoms. The average molecular weight is 764 g/mol. The number of carbonyl (C=O) groups is 3. The summed E-state index contributed by atoms with van der Waals surface area (Å²) in [5.41, 5.74) is -1.48. The summed E-state index contributed by atoms with van der Waals surface area (Å²) in [4.78, 5) is 40.0. The third kappa shape index (κ3) is 9.04. The molecule has 1 saturated heterocycles. The molecule has 2 N–H and O–H groups in total. The Labute approximate surface area is 311 Å². The molecule has 5 unspecified atom stereocenters. The van der Waals surface area contributed by atoms with Crippen molar-refractivity contribution in [2.75, 3.05) is 19.6 Å². The van der Waals surface area contributed by atoms with Gasteiger partial charge in [-0.15, -0.1) is 9.89 Å². The quantitative estimate of drug-likeness (QED) is 0.0694. The van der Waals surface area contributed by atoms with E-state index < -0.39 is 85.0 Å². The number of aromatic nitrogens is 2. The topological polar surface area (TPSA) is 150 Å². The predicted octanol–water partition coefficient (Wildman–Crippen LogP) is 5.97. The average Bonchev–Trinajstić information content (AvgIpc) is 3.51. The van der Waals surface area contributed by atoms with E-state index in [1.807, 2.05) is 0 Å². The maximum Gasteiger partial charge on any atom is 0.435 e. The van der Waals surface area contributed by atoms with Gasteiger partial charge in [-0.05, 0) is 54.1 Å². The highest BCUT2D eigenvalue weighted by atomic mass is 19.4. The fourth-order valence-corrected chi connectivity index (χ4v) is 5.72.